The Hall–Kier alpha value is -2.56. The van der Waals surface area contributed by atoms with Crippen LogP contribution in [-0.4, -0.2) is 30.2 Å². The highest BCUT2D eigenvalue weighted by Crippen LogP contribution is 2.25. The van der Waals surface area contributed by atoms with Crippen LogP contribution in [0.15, 0.2) is 42.6 Å². The normalized spacial score (nSPS) is 11.8. The van der Waals surface area contributed by atoms with Crippen LogP contribution in [0.1, 0.15) is 28.9 Å². The number of ether oxygens (including phenoxy) is 1. The zero-order chi connectivity index (χ0) is 15.4. The maximum atomic E-state index is 10.8. The molecule has 1 N–H and O–H groups in total. The molecule has 0 bridgehead atoms. The van der Waals surface area contributed by atoms with Crippen LogP contribution in [0.5, 0.6) is 5.75 Å². The second kappa shape index (κ2) is 6.26. The van der Waals surface area contributed by atoms with Crippen molar-refractivity contribution in [2.24, 2.45) is 0 Å². The first-order chi connectivity index (χ1) is 10.0. The van der Waals surface area contributed by atoms with Gasteiger partial charge in [-0.05, 0) is 36.8 Å². The predicted molar refractivity (Wildman–Crippen MR) is 81.0 cm³/mol. The molecular weight excluding hydrogens is 268 g/mol. The number of methoxy groups -OCH3 is 1. The molecule has 0 saturated carbocycles. The number of pyridine rings is 1. The molecule has 0 radical (unpaired) electrons. The van der Waals surface area contributed by atoms with Crippen LogP contribution in [0, 0.1) is 0 Å². The number of carboxylic acid groups (broad SMARTS) is 1. The Kier molecular flexibility index (Phi) is 4.42. The third-order valence-corrected chi connectivity index (χ3v) is 3.54. The molecule has 0 aliphatic rings. The smallest absolute Gasteiger partial charge is 0.337 e. The lowest BCUT2D eigenvalue weighted by Crippen LogP contribution is -2.22. The van der Waals surface area contributed by atoms with Crippen LogP contribution in [-0.2, 0) is 0 Å². The second-order valence-electron chi connectivity index (χ2n) is 4.77. The van der Waals surface area contributed by atoms with Crippen LogP contribution in [0.2, 0.25) is 0 Å². The summed E-state index contributed by atoms with van der Waals surface area (Å²) in [5, 5.41) is 8.89. The van der Waals surface area contributed by atoms with Gasteiger partial charge >= 0.3 is 5.97 Å². The quantitative estimate of drug-likeness (QED) is 0.915. The standard InChI is InChI=1S/C16H18N2O3/c1-11(12-4-7-14(21-3)8-5-12)18(2)15-9-6-13(10-17-15)16(19)20/h4-11H,1-3H3,(H,19,20). The van der Waals surface area contributed by atoms with E-state index in [1.54, 1.807) is 19.2 Å². The number of anilines is 1. The van der Waals surface area contributed by atoms with Gasteiger partial charge in [0.25, 0.3) is 0 Å². The van der Waals surface area contributed by atoms with Gasteiger partial charge in [0.05, 0.1) is 18.7 Å². The summed E-state index contributed by atoms with van der Waals surface area (Å²) in [7, 11) is 3.57. The zero-order valence-electron chi connectivity index (χ0n) is 12.3. The largest absolute Gasteiger partial charge is 0.497 e. The van der Waals surface area contributed by atoms with Gasteiger partial charge in [-0.15, -0.1) is 0 Å². The van der Waals surface area contributed by atoms with Gasteiger partial charge in [0, 0.05) is 13.2 Å². The molecule has 0 fully saturated rings. The van der Waals surface area contributed by atoms with Gasteiger partial charge < -0.3 is 14.7 Å². The van der Waals surface area contributed by atoms with Crippen LogP contribution < -0.4 is 9.64 Å². The van der Waals surface area contributed by atoms with Crippen molar-refractivity contribution in [3.63, 3.8) is 0 Å². The van der Waals surface area contributed by atoms with Gasteiger partial charge in [0.1, 0.15) is 11.6 Å². The van der Waals surface area contributed by atoms with Crippen LogP contribution in [0.25, 0.3) is 0 Å². The minimum absolute atomic E-state index is 0.110. The van der Waals surface area contributed by atoms with E-state index in [2.05, 4.69) is 11.9 Å². The van der Waals surface area contributed by atoms with E-state index >= 15 is 0 Å². The molecule has 0 amide bonds. The molecule has 110 valence electrons. The molecule has 0 saturated heterocycles. The lowest BCUT2D eigenvalue weighted by molar-refractivity contribution is 0.0696. The molecule has 0 aliphatic carbocycles. The highest BCUT2D eigenvalue weighted by molar-refractivity contribution is 5.87. The number of carboxylic acids is 1. The predicted octanol–water partition coefficient (Wildman–Crippen LogP) is 2.99. The fourth-order valence-corrected chi connectivity index (χ4v) is 2.03. The average molecular weight is 286 g/mol. The van der Waals surface area contributed by atoms with E-state index in [1.807, 2.05) is 36.2 Å². The summed E-state index contributed by atoms with van der Waals surface area (Å²) < 4.78 is 5.15. The highest BCUT2D eigenvalue weighted by Gasteiger charge is 2.14. The van der Waals surface area contributed by atoms with Crippen LogP contribution in [0.3, 0.4) is 0 Å². The number of nitrogens with zero attached hydrogens (tertiary/aromatic N) is 2. The van der Waals surface area contributed by atoms with Gasteiger partial charge in [-0.25, -0.2) is 9.78 Å². The maximum Gasteiger partial charge on any atom is 0.337 e. The fourth-order valence-electron chi connectivity index (χ4n) is 2.03. The van der Waals surface area contributed by atoms with Crippen LogP contribution in [0.4, 0.5) is 5.82 Å². The first-order valence-corrected chi connectivity index (χ1v) is 6.59. The second-order valence-corrected chi connectivity index (χ2v) is 4.77. The first-order valence-electron chi connectivity index (χ1n) is 6.59. The van der Waals surface area contributed by atoms with Crippen molar-refractivity contribution in [1.29, 1.82) is 0 Å². The Morgan fingerprint density at radius 3 is 2.38 bits per heavy atom. The summed E-state index contributed by atoms with van der Waals surface area (Å²) in [5.41, 5.74) is 1.31. The Labute approximate surface area is 123 Å². The SMILES string of the molecule is COc1ccc(C(C)N(C)c2ccc(C(=O)O)cn2)cc1. The minimum Gasteiger partial charge on any atom is -0.497 e. The van der Waals surface area contributed by atoms with E-state index in [4.69, 9.17) is 9.84 Å². The summed E-state index contributed by atoms with van der Waals surface area (Å²) in [5.74, 6) is 0.570. The van der Waals surface area contributed by atoms with E-state index in [0.717, 1.165) is 17.1 Å². The van der Waals surface area contributed by atoms with Gasteiger partial charge in [-0.1, -0.05) is 12.1 Å². The van der Waals surface area contributed by atoms with Gasteiger partial charge in [0.15, 0.2) is 0 Å². The molecule has 21 heavy (non-hydrogen) atoms. The molecule has 1 unspecified atom stereocenters. The van der Waals surface area contributed by atoms with E-state index < -0.39 is 5.97 Å². The van der Waals surface area contributed by atoms with Crippen molar-refractivity contribution in [1.82, 2.24) is 4.98 Å². The molecule has 1 aromatic carbocycles. The molecular formula is C16H18N2O3. The average Bonchev–Trinajstić information content (AvgIpc) is 2.53. The highest BCUT2D eigenvalue weighted by atomic mass is 16.5. The molecule has 0 spiro atoms. The number of aromatic carboxylic acids is 1. The zero-order valence-corrected chi connectivity index (χ0v) is 12.3. The van der Waals surface area contributed by atoms with E-state index in [1.165, 1.54) is 6.20 Å². The summed E-state index contributed by atoms with van der Waals surface area (Å²) in [6.45, 7) is 2.06. The lowest BCUT2D eigenvalue weighted by Gasteiger charge is -2.26. The third-order valence-electron chi connectivity index (χ3n) is 3.54. The lowest BCUT2D eigenvalue weighted by atomic mass is 10.1. The van der Waals surface area contributed by atoms with Crippen molar-refractivity contribution in [2.75, 3.05) is 19.1 Å². The molecule has 0 aliphatic heterocycles. The molecule has 2 rings (SSSR count). The Bertz CT molecular complexity index is 608. The number of benzene rings is 1. The molecule has 1 aromatic heterocycles. The van der Waals surface area contributed by atoms with Crippen molar-refractivity contribution in [3.8, 4) is 5.75 Å². The summed E-state index contributed by atoms with van der Waals surface area (Å²) >= 11 is 0. The van der Waals surface area contributed by atoms with Gasteiger partial charge in [-0.3, -0.25) is 0 Å². The first kappa shape index (κ1) is 14.8. The summed E-state index contributed by atoms with van der Waals surface area (Å²) in [6, 6.07) is 11.2. The maximum absolute atomic E-state index is 10.8. The van der Waals surface area contributed by atoms with E-state index in [9.17, 15) is 4.79 Å². The fraction of sp³-hybridized carbons (Fsp3) is 0.250. The van der Waals surface area contributed by atoms with E-state index in [0.29, 0.717) is 0 Å². The van der Waals surface area contributed by atoms with Crippen LogP contribution >= 0.6 is 0 Å². The van der Waals surface area contributed by atoms with Crippen molar-refractivity contribution >= 4 is 11.8 Å². The van der Waals surface area contributed by atoms with E-state index in [-0.39, 0.29) is 11.6 Å². The Balaban J connectivity index is 2.17. The van der Waals surface area contributed by atoms with Crippen molar-refractivity contribution in [3.05, 3.63) is 53.7 Å². The molecule has 1 heterocycles. The number of rotatable bonds is 5. The van der Waals surface area contributed by atoms with Gasteiger partial charge in [-0.2, -0.15) is 0 Å². The topological polar surface area (TPSA) is 62.7 Å². The monoisotopic (exact) mass is 286 g/mol. The van der Waals surface area contributed by atoms with Gasteiger partial charge in [0.2, 0.25) is 0 Å². The molecule has 2 aromatic rings. The Morgan fingerprint density at radius 1 is 1.24 bits per heavy atom. The third kappa shape index (κ3) is 3.31. The van der Waals surface area contributed by atoms with Crippen molar-refractivity contribution < 1.29 is 14.6 Å². The summed E-state index contributed by atoms with van der Waals surface area (Å²) in [4.78, 5) is 17.0. The number of hydrogen-bond donors (Lipinski definition) is 1. The number of aromatic nitrogens is 1. The Morgan fingerprint density at radius 2 is 1.90 bits per heavy atom. The molecule has 5 nitrogen and oxygen atoms in total. The van der Waals surface area contributed by atoms with Crippen molar-refractivity contribution in [2.45, 2.75) is 13.0 Å². The number of carbonyl (C=O) groups is 1. The molecule has 1 atom stereocenters. The minimum atomic E-state index is -0.972. The molecule has 5 heteroatoms. The number of hydrogen-bond acceptors (Lipinski definition) is 4. The summed E-state index contributed by atoms with van der Waals surface area (Å²) in [6.07, 6.45) is 1.37.